The van der Waals surface area contributed by atoms with Gasteiger partial charge in [0.15, 0.2) is 0 Å². The smallest absolute Gasteiger partial charge is 0.545 e. The largest absolute Gasteiger partial charge is 2.00 e. The number of carbonyl (C=O) groups excluding carboxylic acids is 2. The van der Waals surface area contributed by atoms with Crippen LogP contribution in [0.2, 0.25) is 50.2 Å². The molecule has 33 heavy (non-hydrogen) atoms. The van der Waals surface area contributed by atoms with Crippen molar-refractivity contribution in [3.05, 3.63) is 73.5 Å². The maximum atomic E-state index is 10.3. The molecule has 0 heterocycles. The van der Waals surface area contributed by atoms with Crippen molar-refractivity contribution in [1.29, 1.82) is 0 Å². The van der Waals surface area contributed by atoms with Gasteiger partial charge < -0.3 is 19.8 Å². The van der Waals surface area contributed by atoms with Crippen LogP contribution in [0.15, 0.2) is 12.2 Å². The zero-order chi connectivity index (χ0) is 24.9. The van der Waals surface area contributed by atoms with Gasteiger partial charge in [-0.2, -0.15) is 0 Å². The summed E-state index contributed by atoms with van der Waals surface area (Å²) < 4.78 is 0. The van der Waals surface area contributed by atoms with Gasteiger partial charge in [0.05, 0.1) is 62.2 Å². The molecule has 0 aliphatic rings. The third kappa shape index (κ3) is 9.12. The average Bonchev–Trinajstić information content (AvgIpc) is 2.73. The van der Waals surface area contributed by atoms with Gasteiger partial charge in [-0.05, 0) is 12.2 Å². The number of hydrogen-bond donors (Lipinski definition) is 0. The van der Waals surface area contributed by atoms with E-state index in [-0.39, 0.29) is 99.1 Å². The van der Waals surface area contributed by atoms with Crippen molar-refractivity contribution in [2.24, 2.45) is 0 Å². The molecular weight excluding hydrogens is 675 g/mol. The number of carbonyl (C=O) groups is 2. The summed E-state index contributed by atoms with van der Waals surface area (Å²) in [5, 5.41) is 20.7. The molecule has 0 saturated carbocycles. The Hall–Kier alpha value is 1.02. The van der Waals surface area contributed by atoms with Crippen molar-refractivity contribution in [3.8, 4) is 0 Å². The van der Waals surface area contributed by atoms with Gasteiger partial charge in [-0.1, -0.05) is 128 Å². The van der Waals surface area contributed by atoms with E-state index in [0.29, 0.717) is 0 Å². The van der Waals surface area contributed by atoms with Gasteiger partial charge in [0.1, 0.15) is 0 Å². The quantitative estimate of drug-likeness (QED) is 0.150. The van der Waals surface area contributed by atoms with E-state index in [1.54, 1.807) is 0 Å². The normalized spacial score (nSPS) is 10.7. The number of halogens is 10. The second-order valence-corrected chi connectivity index (χ2v) is 9.05. The van der Waals surface area contributed by atoms with E-state index in [1.165, 1.54) is 0 Å². The van der Waals surface area contributed by atoms with Gasteiger partial charge in [-0.15, -0.1) is 0 Å². The monoisotopic (exact) mass is 674 g/mol. The first-order valence-electron chi connectivity index (χ1n) is 7.53. The first-order chi connectivity index (χ1) is 14.7. The second-order valence-electron chi connectivity index (χ2n) is 5.27. The second kappa shape index (κ2) is 15.3. The third-order valence-electron chi connectivity index (χ3n) is 3.26. The SMILES string of the molecule is O=C([O-])/C=C/c1c(Cl)c(Cl)c(Cl)c(Cl)c1Cl.O=C([O-])/C=C/c1c(Cl)c(Cl)c(Cl)c(Cl)c1Cl.[Ca+2]. The fourth-order valence-corrected chi connectivity index (χ4v) is 4.40. The Balaban J connectivity index is 0.000000602. The molecule has 0 bridgehead atoms. The van der Waals surface area contributed by atoms with Gasteiger partial charge in [0, 0.05) is 11.1 Å². The van der Waals surface area contributed by atoms with E-state index in [1.807, 2.05) is 0 Å². The van der Waals surface area contributed by atoms with Crippen LogP contribution >= 0.6 is 116 Å². The molecule has 2 aromatic rings. The molecule has 0 spiro atoms. The van der Waals surface area contributed by atoms with Crippen LogP contribution in [0.25, 0.3) is 12.2 Å². The summed E-state index contributed by atoms with van der Waals surface area (Å²) in [6, 6.07) is 0. The topological polar surface area (TPSA) is 80.3 Å². The van der Waals surface area contributed by atoms with E-state index >= 15 is 0 Å². The molecule has 172 valence electrons. The first-order valence-corrected chi connectivity index (χ1v) is 11.3. The molecule has 0 aromatic heterocycles. The third-order valence-corrected chi connectivity index (χ3v) is 7.87. The van der Waals surface area contributed by atoms with Gasteiger partial charge >= 0.3 is 37.7 Å². The zero-order valence-electron chi connectivity index (χ0n) is 15.4. The number of hydrogen-bond acceptors (Lipinski definition) is 4. The summed E-state index contributed by atoms with van der Waals surface area (Å²) in [5.41, 5.74) is 0.346. The molecule has 0 amide bonds. The minimum absolute atomic E-state index is 0. The predicted octanol–water partition coefficient (Wildman–Crippen LogP) is 7.05. The Morgan fingerprint density at radius 1 is 0.455 bits per heavy atom. The Kier molecular flexibility index (Phi) is 15.8. The Morgan fingerprint density at radius 3 is 0.818 bits per heavy atom. The van der Waals surface area contributed by atoms with Crippen molar-refractivity contribution in [3.63, 3.8) is 0 Å². The molecule has 15 heteroatoms. The molecule has 0 unspecified atom stereocenters. The summed E-state index contributed by atoms with van der Waals surface area (Å²) in [6.45, 7) is 0. The fourth-order valence-electron chi connectivity index (χ4n) is 1.84. The molecule has 0 fully saturated rings. The average molecular weight is 679 g/mol. The molecule has 0 radical (unpaired) electrons. The molecule has 0 N–H and O–H groups in total. The minimum atomic E-state index is -1.39. The van der Waals surface area contributed by atoms with Crippen LogP contribution in [0.5, 0.6) is 0 Å². The zero-order valence-corrected chi connectivity index (χ0v) is 25.2. The van der Waals surface area contributed by atoms with E-state index in [9.17, 15) is 19.8 Å². The fraction of sp³-hybridized carbons (Fsp3) is 0. The van der Waals surface area contributed by atoms with Crippen LogP contribution in [0.3, 0.4) is 0 Å². The Bertz CT molecular complexity index is 1000. The maximum absolute atomic E-state index is 10.3. The van der Waals surface area contributed by atoms with Crippen molar-refractivity contribution < 1.29 is 19.8 Å². The van der Waals surface area contributed by atoms with Gasteiger partial charge in [-0.25, -0.2) is 0 Å². The molecule has 0 aliphatic carbocycles. The van der Waals surface area contributed by atoms with Crippen LogP contribution in [0.1, 0.15) is 11.1 Å². The summed E-state index contributed by atoms with van der Waals surface area (Å²) in [4.78, 5) is 20.5. The number of carboxylic acid groups (broad SMARTS) is 2. The molecule has 0 atom stereocenters. The Labute approximate surface area is 267 Å². The van der Waals surface area contributed by atoms with Gasteiger partial charge in [0.25, 0.3) is 0 Å². The molecule has 4 nitrogen and oxygen atoms in total. The predicted molar refractivity (Wildman–Crippen MR) is 137 cm³/mol. The van der Waals surface area contributed by atoms with E-state index in [4.69, 9.17) is 116 Å². The summed E-state index contributed by atoms with van der Waals surface area (Å²) in [5.74, 6) is -2.79. The summed E-state index contributed by atoms with van der Waals surface area (Å²) in [6.07, 6.45) is 3.78. The van der Waals surface area contributed by atoms with Crippen LogP contribution in [-0.4, -0.2) is 49.7 Å². The maximum Gasteiger partial charge on any atom is 2.00 e. The molecule has 0 aliphatic heterocycles. The van der Waals surface area contributed by atoms with E-state index in [2.05, 4.69) is 0 Å². The van der Waals surface area contributed by atoms with Crippen LogP contribution in [-0.2, 0) is 9.59 Å². The van der Waals surface area contributed by atoms with Crippen LogP contribution in [0, 0.1) is 0 Å². The number of carboxylic acids is 2. The van der Waals surface area contributed by atoms with E-state index < -0.39 is 11.9 Å². The standard InChI is InChI=1S/2C9H3Cl5O2.Ca/c2*10-5-3(1-2-4(15)16)6(11)8(13)9(14)7(5)12;/h2*1-2H,(H,15,16);/q;;+2/p-2/b2*2-1+;. The van der Waals surface area contributed by atoms with Crippen LogP contribution in [0.4, 0.5) is 0 Å². The van der Waals surface area contributed by atoms with Crippen molar-refractivity contribution in [1.82, 2.24) is 0 Å². The van der Waals surface area contributed by atoms with Gasteiger partial charge in [0.2, 0.25) is 0 Å². The van der Waals surface area contributed by atoms with Crippen LogP contribution < -0.4 is 10.2 Å². The number of aliphatic carboxylic acids is 2. The summed E-state index contributed by atoms with van der Waals surface area (Å²) >= 11 is 57.9. The first kappa shape index (κ1) is 34.0. The minimum Gasteiger partial charge on any atom is -0.545 e. The Morgan fingerprint density at radius 2 is 0.636 bits per heavy atom. The van der Waals surface area contributed by atoms with E-state index in [0.717, 1.165) is 24.3 Å². The number of benzene rings is 2. The molecular formula is C18H4CaCl10O4. The molecule has 2 rings (SSSR count). The van der Waals surface area contributed by atoms with Crippen molar-refractivity contribution in [2.75, 3.05) is 0 Å². The molecule has 0 saturated heterocycles. The van der Waals surface area contributed by atoms with Gasteiger partial charge in [-0.3, -0.25) is 0 Å². The summed E-state index contributed by atoms with van der Waals surface area (Å²) in [7, 11) is 0. The molecule has 2 aromatic carbocycles. The van der Waals surface area contributed by atoms with Crippen molar-refractivity contribution >= 4 is 178 Å². The van der Waals surface area contributed by atoms with Crippen molar-refractivity contribution in [2.45, 2.75) is 0 Å². The number of rotatable bonds is 4.